The summed E-state index contributed by atoms with van der Waals surface area (Å²) < 4.78 is 7.73. The van der Waals surface area contributed by atoms with Gasteiger partial charge in [0.1, 0.15) is 0 Å². The Morgan fingerprint density at radius 1 is 1.45 bits per heavy atom. The largest absolute Gasteiger partial charge is 0.379 e. The molecule has 1 saturated carbocycles. The van der Waals surface area contributed by atoms with Crippen LogP contribution >= 0.6 is 0 Å². The number of nitrogens with zero attached hydrogens (tertiary/aromatic N) is 2. The number of hydrogen-bond acceptors (Lipinski definition) is 4. The Balaban J connectivity index is 2.06. The van der Waals surface area contributed by atoms with Gasteiger partial charge in [-0.05, 0) is 31.7 Å². The predicted molar refractivity (Wildman–Crippen MR) is 80.1 cm³/mol. The molecule has 0 bridgehead atoms. The van der Waals surface area contributed by atoms with Crippen LogP contribution in [0.15, 0.2) is 6.07 Å². The summed E-state index contributed by atoms with van der Waals surface area (Å²) in [6.45, 7) is 2.02. The second kappa shape index (κ2) is 7.20. The highest BCUT2D eigenvalue weighted by Crippen LogP contribution is 2.30. The molecule has 0 amide bonds. The topological polar surface area (TPSA) is 65.1 Å². The molecule has 1 aliphatic carbocycles. The molecule has 2 rings (SSSR count). The van der Waals surface area contributed by atoms with Gasteiger partial charge in [-0.15, -0.1) is 0 Å². The molecule has 5 nitrogen and oxygen atoms in total. The quantitative estimate of drug-likeness (QED) is 0.615. The van der Waals surface area contributed by atoms with Gasteiger partial charge in [-0.1, -0.05) is 19.3 Å². The predicted octanol–water partition coefficient (Wildman–Crippen LogP) is 1.70. The van der Waals surface area contributed by atoms with E-state index in [-0.39, 0.29) is 12.1 Å². The van der Waals surface area contributed by atoms with E-state index in [1.807, 2.05) is 18.7 Å². The zero-order chi connectivity index (χ0) is 14.5. The molecule has 0 radical (unpaired) electrons. The van der Waals surface area contributed by atoms with Gasteiger partial charge in [-0.3, -0.25) is 16.0 Å². The van der Waals surface area contributed by atoms with Gasteiger partial charge in [-0.25, -0.2) is 0 Å². The van der Waals surface area contributed by atoms with Crippen LogP contribution in [-0.4, -0.2) is 29.0 Å². The Bertz CT molecular complexity index is 412. The number of aryl methyl sites for hydroxylation is 2. The molecule has 0 spiro atoms. The minimum absolute atomic E-state index is 0.137. The van der Waals surface area contributed by atoms with Crippen LogP contribution in [0.1, 0.15) is 43.5 Å². The summed E-state index contributed by atoms with van der Waals surface area (Å²) in [5, 5.41) is 4.40. The maximum Gasteiger partial charge on any atom is 0.0769 e. The zero-order valence-corrected chi connectivity index (χ0v) is 12.9. The van der Waals surface area contributed by atoms with Crippen molar-refractivity contribution >= 4 is 0 Å². The third-order valence-corrected chi connectivity index (χ3v) is 4.53. The summed E-state index contributed by atoms with van der Waals surface area (Å²) in [4.78, 5) is 0. The SMILES string of the molecule is COC(C1CCCCC1)C(Cc1cc(C)nn1C)NN. The standard InChI is InChI=1S/C15H28N4O/c1-11-9-13(19(2)18-11)10-14(17-16)15(20-3)12-7-5-4-6-8-12/h9,12,14-15,17H,4-8,10,16H2,1-3H3. The van der Waals surface area contributed by atoms with E-state index >= 15 is 0 Å². The first-order chi connectivity index (χ1) is 9.65. The lowest BCUT2D eigenvalue weighted by Gasteiger charge is -2.34. The van der Waals surface area contributed by atoms with Crippen molar-refractivity contribution in [1.82, 2.24) is 15.2 Å². The number of nitrogens with one attached hydrogen (secondary N) is 1. The number of hydrogen-bond donors (Lipinski definition) is 2. The van der Waals surface area contributed by atoms with E-state index in [0.29, 0.717) is 5.92 Å². The summed E-state index contributed by atoms with van der Waals surface area (Å²) in [5.41, 5.74) is 5.21. The molecule has 5 heteroatoms. The van der Waals surface area contributed by atoms with Crippen LogP contribution in [0.25, 0.3) is 0 Å². The number of ether oxygens (including phenoxy) is 1. The summed E-state index contributed by atoms with van der Waals surface area (Å²) in [7, 11) is 3.79. The summed E-state index contributed by atoms with van der Waals surface area (Å²) in [5.74, 6) is 6.42. The summed E-state index contributed by atoms with van der Waals surface area (Å²) in [6.07, 6.45) is 7.51. The van der Waals surface area contributed by atoms with Crippen molar-refractivity contribution in [2.75, 3.05) is 7.11 Å². The minimum Gasteiger partial charge on any atom is -0.379 e. The molecule has 1 aromatic heterocycles. The molecule has 2 unspecified atom stereocenters. The van der Waals surface area contributed by atoms with E-state index in [0.717, 1.165) is 12.1 Å². The smallest absolute Gasteiger partial charge is 0.0769 e. The number of aromatic nitrogens is 2. The third-order valence-electron chi connectivity index (χ3n) is 4.53. The van der Waals surface area contributed by atoms with E-state index in [1.165, 1.54) is 37.8 Å². The van der Waals surface area contributed by atoms with Gasteiger partial charge in [0.15, 0.2) is 0 Å². The van der Waals surface area contributed by atoms with Crippen molar-refractivity contribution in [3.05, 3.63) is 17.5 Å². The number of nitrogens with two attached hydrogens (primary N) is 1. The average molecular weight is 280 g/mol. The second-order valence-electron chi connectivity index (χ2n) is 5.98. The van der Waals surface area contributed by atoms with Crippen LogP contribution in [0.2, 0.25) is 0 Å². The van der Waals surface area contributed by atoms with Gasteiger partial charge in [0.2, 0.25) is 0 Å². The fraction of sp³-hybridized carbons (Fsp3) is 0.800. The van der Waals surface area contributed by atoms with E-state index in [2.05, 4.69) is 16.6 Å². The Hall–Kier alpha value is -0.910. The van der Waals surface area contributed by atoms with E-state index in [4.69, 9.17) is 10.6 Å². The lowest BCUT2D eigenvalue weighted by molar-refractivity contribution is 0.00786. The minimum atomic E-state index is 0.137. The van der Waals surface area contributed by atoms with Crippen LogP contribution in [0, 0.1) is 12.8 Å². The van der Waals surface area contributed by atoms with Gasteiger partial charge in [0.05, 0.1) is 17.8 Å². The van der Waals surface area contributed by atoms with E-state index < -0.39 is 0 Å². The molecule has 0 aliphatic heterocycles. The number of hydrazine groups is 1. The van der Waals surface area contributed by atoms with Gasteiger partial charge < -0.3 is 4.74 Å². The summed E-state index contributed by atoms with van der Waals surface area (Å²) in [6, 6.07) is 2.26. The normalized spacial score (nSPS) is 20.0. The average Bonchev–Trinajstić information content (AvgIpc) is 2.77. The lowest BCUT2D eigenvalue weighted by atomic mass is 9.81. The van der Waals surface area contributed by atoms with Crippen molar-refractivity contribution in [2.45, 2.75) is 57.6 Å². The monoisotopic (exact) mass is 280 g/mol. The Labute approximate surface area is 121 Å². The molecule has 1 fully saturated rings. The van der Waals surface area contributed by atoms with Gasteiger partial charge in [0, 0.05) is 26.3 Å². The first-order valence-corrected chi connectivity index (χ1v) is 7.64. The molecule has 114 valence electrons. The van der Waals surface area contributed by atoms with Gasteiger partial charge >= 0.3 is 0 Å². The number of rotatable bonds is 6. The molecular formula is C15H28N4O. The molecule has 1 heterocycles. The highest BCUT2D eigenvalue weighted by atomic mass is 16.5. The first kappa shape index (κ1) is 15.5. The highest BCUT2D eigenvalue weighted by molar-refractivity contribution is 5.10. The summed E-state index contributed by atoms with van der Waals surface area (Å²) >= 11 is 0. The maximum absolute atomic E-state index is 5.80. The Morgan fingerprint density at radius 2 is 2.15 bits per heavy atom. The van der Waals surface area contributed by atoms with Crippen molar-refractivity contribution in [1.29, 1.82) is 0 Å². The van der Waals surface area contributed by atoms with Gasteiger partial charge in [0.25, 0.3) is 0 Å². The second-order valence-corrected chi connectivity index (χ2v) is 5.98. The van der Waals surface area contributed by atoms with Crippen LogP contribution in [0.5, 0.6) is 0 Å². The van der Waals surface area contributed by atoms with Crippen molar-refractivity contribution in [3.63, 3.8) is 0 Å². The van der Waals surface area contributed by atoms with Crippen molar-refractivity contribution in [2.24, 2.45) is 18.8 Å². The van der Waals surface area contributed by atoms with Crippen LogP contribution in [-0.2, 0) is 18.2 Å². The first-order valence-electron chi connectivity index (χ1n) is 7.64. The highest BCUT2D eigenvalue weighted by Gasteiger charge is 2.30. The van der Waals surface area contributed by atoms with Crippen molar-refractivity contribution in [3.8, 4) is 0 Å². The Morgan fingerprint density at radius 3 is 2.65 bits per heavy atom. The van der Waals surface area contributed by atoms with E-state index in [9.17, 15) is 0 Å². The molecular weight excluding hydrogens is 252 g/mol. The van der Waals surface area contributed by atoms with E-state index in [1.54, 1.807) is 7.11 Å². The molecule has 1 aliphatic rings. The van der Waals surface area contributed by atoms with Gasteiger partial charge in [-0.2, -0.15) is 5.10 Å². The third kappa shape index (κ3) is 3.59. The zero-order valence-electron chi connectivity index (χ0n) is 12.9. The fourth-order valence-corrected chi connectivity index (χ4v) is 3.50. The molecule has 1 aromatic rings. The van der Waals surface area contributed by atoms with Crippen LogP contribution < -0.4 is 11.3 Å². The molecule has 0 aromatic carbocycles. The lowest BCUT2D eigenvalue weighted by Crippen LogP contribution is -2.50. The Kier molecular flexibility index (Phi) is 5.57. The van der Waals surface area contributed by atoms with Crippen molar-refractivity contribution < 1.29 is 4.74 Å². The molecule has 0 saturated heterocycles. The molecule has 20 heavy (non-hydrogen) atoms. The molecule has 3 N–H and O–H groups in total. The fourth-order valence-electron chi connectivity index (χ4n) is 3.50. The maximum atomic E-state index is 5.80. The number of methoxy groups -OCH3 is 1. The molecule has 2 atom stereocenters. The van der Waals surface area contributed by atoms with Crippen LogP contribution in [0.3, 0.4) is 0 Å². The van der Waals surface area contributed by atoms with Crippen LogP contribution in [0.4, 0.5) is 0 Å².